The minimum atomic E-state index is -0.194. The molecule has 1 saturated heterocycles. The Labute approximate surface area is 98.3 Å². The number of β-amino-alcohol motifs (C(OH)–C–C–N with tert-alkyl or cyclic N) is 1. The fourth-order valence-electron chi connectivity index (χ4n) is 2.12. The number of piperidine rings is 1. The summed E-state index contributed by atoms with van der Waals surface area (Å²) in [5.74, 6) is 0. The van der Waals surface area contributed by atoms with Gasteiger partial charge in [0.2, 0.25) is 0 Å². The summed E-state index contributed by atoms with van der Waals surface area (Å²) in [5, 5.41) is 10.7. The molecule has 1 aromatic carbocycles. The van der Waals surface area contributed by atoms with Gasteiger partial charge in [0.1, 0.15) is 0 Å². The number of hydrogen-bond donors (Lipinski definition) is 1. The molecule has 2 aromatic rings. The van der Waals surface area contributed by atoms with E-state index in [2.05, 4.69) is 16.0 Å². The van der Waals surface area contributed by atoms with Gasteiger partial charge in [0.05, 0.1) is 16.3 Å². The monoisotopic (exact) mass is 234 g/mol. The van der Waals surface area contributed by atoms with Crippen LogP contribution in [0.2, 0.25) is 0 Å². The highest BCUT2D eigenvalue weighted by atomic mass is 32.1. The fourth-order valence-corrected chi connectivity index (χ4v) is 3.12. The molecule has 1 aliphatic heterocycles. The number of rotatable bonds is 1. The van der Waals surface area contributed by atoms with E-state index in [-0.39, 0.29) is 6.10 Å². The van der Waals surface area contributed by atoms with Crippen LogP contribution in [0.25, 0.3) is 10.2 Å². The van der Waals surface area contributed by atoms with Gasteiger partial charge in [-0.1, -0.05) is 23.5 Å². The van der Waals surface area contributed by atoms with Crippen LogP contribution in [-0.2, 0) is 0 Å². The van der Waals surface area contributed by atoms with E-state index < -0.39 is 0 Å². The SMILES string of the molecule is O[C@@H]1CCCN(c2nc3ccccc3s2)C1. The molecular formula is C12H14N2OS. The first kappa shape index (κ1) is 10.1. The number of anilines is 1. The fraction of sp³-hybridized carbons (Fsp3) is 0.417. The Morgan fingerprint density at radius 2 is 2.25 bits per heavy atom. The van der Waals surface area contributed by atoms with Crippen molar-refractivity contribution in [3.05, 3.63) is 24.3 Å². The van der Waals surface area contributed by atoms with Gasteiger partial charge < -0.3 is 10.0 Å². The van der Waals surface area contributed by atoms with E-state index in [4.69, 9.17) is 0 Å². The summed E-state index contributed by atoms with van der Waals surface area (Å²) in [6, 6.07) is 8.18. The largest absolute Gasteiger partial charge is 0.391 e. The predicted molar refractivity (Wildman–Crippen MR) is 67.1 cm³/mol. The van der Waals surface area contributed by atoms with Crippen molar-refractivity contribution in [3.63, 3.8) is 0 Å². The molecular weight excluding hydrogens is 220 g/mol. The number of aliphatic hydroxyl groups excluding tert-OH is 1. The zero-order valence-electron chi connectivity index (χ0n) is 8.97. The molecule has 0 aliphatic carbocycles. The predicted octanol–water partition coefficient (Wildman–Crippen LogP) is 2.26. The highest BCUT2D eigenvalue weighted by Gasteiger charge is 2.20. The van der Waals surface area contributed by atoms with Crippen LogP contribution in [0.15, 0.2) is 24.3 Å². The van der Waals surface area contributed by atoms with Crippen LogP contribution in [0.5, 0.6) is 0 Å². The van der Waals surface area contributed by atoms with Gasteiger partial charge in [0.25, 0.3) is 0 Å². The van der Waals surface area contributed by atoms with Crippen molar-refractivity contribution < 1.29 is 5.11 Å². The van der Waals surface area contributed by atoms with Gasteiger partial charge >= 0.3 is 0 Å². The van der Waals surface area contributed by atoms with E-state index in [1.54, 1.807) is 11.3 Å². The molecule has 1 aliphatic rings. The standard InChI is InChI=1S/C12H14N2OS/c15-9-4-3-7-14(8-9)12-13-10-5-1-2-6-11(10)16-12/h1-2,5-6,9,15H,3-4,7-8H2/t9-/m1/s1. The number of nitrogens with zero attached hydrogens (tertiary/aromatic N) is 2. The lowest BCUT2D eigenvalue weighted by Crippen LogP contribution is -2.38. The number of para-hydroxylation sites is 1. The van der Waals surface area contributed by atoms with E-state index in [0.29, 0.717) is 0 Å². The quantitative estimate of drug-likeness (QED) is 0.822. The number of fused-ring (bicyclic) bond motifs is 1. The lowest BCUT2D eigenvalue weighted by atomic mass is 10.1. The Balaban J connectivity index is 1.93. The average molecular weight is 234 g/mol. The van der Waals surface area contributed by atoms with Crippen LogP contribution in [0, 0.1) is 0 Å². The molecule has 1 N–H and O–H groups in total. The molecule has 0 radical (unpaired) electrons. The summed E-state index contributed by atoms with van der Waals surface area (Å²) in [6.45, 7) is 1.73. The maximum Gasteiger partial charge on any atom is 0.186 e. The first-order chi connectivity index (χ1) is 7.83. The van der Waals surface area contributed by atoms with Gasteiger partial charge in [0, 0.05) is 13.1 Å². The molecule has 1 fully saturated rings. The van der Waals surface area contributed by atoms with Crippen LogP contribution in [0.3, 0.4) is 0 Å². The van der Waals surface area contributed by atoms with Gasteiger partial charge in [-0.25, -0.2) is 4.98 Å². The smallest absolute Gasteiger partial charge is 0.186 e. The second-order valence-electron chi connectivity index (χ2n) is 4.21. The molecule has 0 spiro atoms. The van der Waals surface area contributed by atoms with Gasteiger partial charge in [-0.3, -0.25) is 0 Å². The normalized spacial score (nSPS) is 21.6. The van der Waals surface area contributed by atoms with Crippen molar-refractivity contribution in [1.29, 1.82) is 0 Å². The van der Waals surface area contributed by atoms with Crippen LogP contribution in [0.4, 0.5) is 5.13 Å². The molecule has 3 rings (SSSR count). The first-order valence-electron chi connectivity index (χ1n) is 5.61. The molecule has 0 amide bonds. The summed E-state index contributed by atoms with van der Waals surface area (Å²) in [7, 11) is 0. The number of aromatic nitrogens is 1. The molecule has 1 atom stereocenters. The van der Waals surface area contributed by atoms with Gasteiger partial charge in [-0.15, -0.1) is 0 Å². The Hall–Kier alpha value is -1.13. The Morgan fingerprint density at radius 3 is 3.06 bits per heavy atom. The number of benzene rings is 1. The molecule has 1 aromatic heterocycles. The third kappa shape index (κ3) is 1.79. The third-order valence-electron chi connectivity index (χ3n) is 2.95. The molecule has 16 heavy (non-hydrogen) atoms. The van der Waals surface area contributed by atoms with Crippen molar-refractivity contribution in [2.24, 2.45) is 0 Å². The topological polar surface area (TPSA) is 36.4 Å². The molecule has 2 heterocycles. The van der Waals surface area contributed by atoms with Gasteiger partial charge in [-0.2, -0.15) is 0 Å². The number of aliphatic hydroxyl groups is 1. The van der Waals surface area contributed by atoms with Crippen LogP contribution in [-0.4, -0.2) is 29.3 Å². The highest BCUT2D eigenvalue weighted by molar-refractivity contribution is 7.22. The van der Waals surface area contributed by atoms with Crippen LogP contribution >= 0.6 is 11.3 Å². The molecule has 84 valence electrons. The van der Waals surface area contributed by atoms with Gasteiger partial charge in [-0.05, 0) is 25.0 Å². The molecule has 0 bridgehead atoms. The maximum atomic E-state index is 9.65. The molecule has 4 heteroatoms. The summed E-state index contributed by atoms with van der Waals surface area (Å²) in [6.07, 6.45) is 1.78. The Kier molecular flexibility index (Phi) is 2.53. The molecule has 0 unspecified atom stereocenters. The van der Waals surface area contributed by atoms with Crippen LogP contribution < -0.4 is 4.90 Å². The van der Waals surface area contributed by atoms with Crippen molar-refractivity contribution in [3.8, 4) is 0 Å². The second kappa shape index (κ2) is 4.03. The summed E-state index contributed by atoms with van der Waals surface area (Å²) in [5.41, 5.74) is 1.06. The van der Waals surface area contributed by atoms with E-state index in [9.17, 15) is 5.11 Å². The van der Waals surface area contributed by atoms with Crippen molar-refractivity contribution in [1.82, 2.24) is 4.98 Å². The Morgan fingerprint density at radius 1 is 1.38 bits per heavy atom. The van der Waals surface area contributed by atoms with E-state index >= 15 is 0 Å². The minimum Gasteiger partial charge on any atom is -0.391 e. The Bertz CT molecular complexity index is 463. The molecule has 0 saturated carbocycles. The number of hydrogen-bond acceptors (Lipinski definition) is 4. The summed E-state index contributed by atoms with van der Waals surface area (Å²) >= 11 is 1.71. The highest BCUT2D eigenvalue weighted by Crippen LogP contribution is 2.30. The van der Waals surface area contributed by atoms with Crippen molar-refractivity contribution in [2.75, 3.05) is 18.0 Å². The first-order valence-corrected chi connectivity index (χ1v) is 6.43. The van der Waals surface area contributed by atoms with Crippen LogP contribution in [0.1, 0.15) is 12.8 Å². The zero-order chi connectivity index (χ0) is 11.0. The van der Waals surface area contributed by atoms with E-state index in [1.807, 2.05) is 18.2 Å². The zero-order valence-corrected chi connectivity index (χ0v) is 9.78. The third-order valence-corrected chi connectivity index (χ3v) is 4.05. The molecule has 3 nitrogen and oxygen atoms in total. The maximum absolute atomic E-state index is 9.65. The van der Waals surface area contributed by atoms with E-state index in [0.717, 1.165) is 36.6 Å². The van der Waals surface area contributed by atoms with E-state index in [1.165, 1.54) is 4.70 Å². The van der Waals surface area contributed by atoms with Crippen molar-refractivity contribution in [2.45, 2.75) is 18.9 Å². The summed E-state index contributed by atoms with van der Waals surface area (Å²) < 4.78 is 1.22. The minimum absolute atomic E-state index is 0.194. The average Bonchev–Trinajstić information content (AvgIpc) is 2.72. The number of thiazole rings is 1. The van der Waals surface area contributed by atoms with Gasteiger partial charge in [0.15, 0.2) is 5.13 Å². The summed E-state index contributed by atoms with van der Waals surface area (Å²) in [4.78, 5) is 6.80. The second-order valence-corrected chi connectivity index (χ2v) is 5.22. The lowest BCUT2D eigenvalue weighted by molar-refractivity contribution is 0.154. The van der Waals surface area contributed by atoms with Crippen molar-refractivity contribution >= 4 is 26.7 Å². The lowest BCUT2D eigenvalue weighted by Gasteiger charge is -2.29.